The number of piperidine rings is 1. The van der Waals surface area contributed by atoms with Gasteiger partial charge in [0.1, 0.15) is 11.9 Å². The summed E-state index contributed by atoms with van der Waals surface area (Å²) in [5.74, 6) is -4.18. The number of carbonyl (C=O) groups is 3. The predicted octanol–water partition coefficient (Wildman–Crippen LogP) is 2.81. The summed E-state index contributed by atoms with van der Waals surface area (Å²) >= 11 is 0. The molecule has 3 amide bonds. The number of halogens is 1. The van der Waals surface area contributed by atoms with Crippen LogP contribution in [-0.2, 0) is 34.0 Å². The van der Waals surface area contributed by atoms with E-state index in [9.17, 15) is 14.4 Å². The van der Waals surface area contributed by atoms with E-state index in [1.54, 1.807) is 11.4 Å². The van der Waals surface area contributed by atoms with Crippen LogP contribution in [0.2, 0.25) is 0 Å². The van der Waals surface area contributed by atoms with Gasteiger partial charge in [0.2, 0.25) is 11.8 Å². The second kappa shape index (κ2) is 9.99. The van der Waals surface area contributed by atoms with Crippen LogP contribution in [-0.4, -0.2) is 58.7 Å². The molecule has 2 aromatic carbocycles. The third-order valence-electron chi connectivity index (χ3n) is 5.96. The Morgan fingerprint density at radius 3 is 2.64 bits per heavy atom. The van der Waals surface area contributed by atoms with Crippen molar-refractivity contribution < 1.29 is 37.2 Å². The van der Waals surface area contributed by atoms with Crippen molar-refractivity contribution in [2.24, 2.45) is 0 Å². The predicted molar refractivity (Wildman–Crippen MR) is 131 cm³/mol. The smallest absolute Gasteiger partial charge is 0.255 e. The monoisotopic (exact) mass is 504 g/mol. The molecule has 2 aromatic rings. The van der Waals surface area contributed by atoms with Gasteiger partial charge < -0.3 is 15.0 Å². The molecule has 36 heavy (non-hydrogen) atoms. The van der Waals surface area contributed by atoms with Crippen molar-refractivity contribution in [2.75, 3.05) is 18.3 Å². The molecular formula is C27H31FN4O4. The number of nitrogens with zero attached hydrogens (tertiary/aromatic N) is 2. The van der Waals surface area contributed by atoms with Gasteiger partial charge in [-0.2, -0.15) is 0 Å². The summed E-state index contributed by atoms with van der Waals surface area (Å²) in [6.07, 6.45) is -10.9. The van der Waals surface area contributed by atoms with Crippen LogP contribution in [0.1, 0.15) is 67.3 Å². The zero-order valence-electron chi connectivity index (χ0n) is 29.6. The minimum Gasteiger partial charge on any atom is -0.381 e. The molecule has 0 aliphatic carbocycles. The largest absolute Gasteiger partial charge is 0.381 e. The van der Waals surface area contributed by atoms with Crippen LogP contribution in [0.5, 0.6) is 0 Å². The molecule has 0 bridgehead atoms. The van der Waals surface area contributed by atoms with Gasteiger partial charge in [0.25, 0.3) is 5.91 Å². The lowest BCUT2D eigenvalue weighted by Crippen LogP contribution is -2.52. The van der Waals surface area contributed by atoms with Crippen LogP contribution < -0.4 is 10.6 Å². The van der Waals surface area contributed by atoms with E-state index in [4.69, 9.17) is 18.4 Å². The molecule has 0 radical (unpaired) electrons. The number of rotatable bonds is 6. The second-order valence-corrected chi connectivity index (χ2v) is 8.52. The number of hydrogen-bond acceptors (Lipinski definition) is 6. The van der Waals surface area contributed by atoms with Crippen molar-refractivity contribution in [1.29, 1.82) is 0 Å². The Hall–Kier alpha value is -3.30. The quantitative estimate of drug-likeness (QED) is 0.588. The highest BCUT2D eigenvalue weighted by Gasteiger charge is 2.39. The Morgan fingerprint density at radius 2 is 1.86 bits per heavy atom. The minimum absolute atomic E-state index is 0.0719. The maximum Gasteiger partial charge on any atom is 0.255 e. The number of benzene rings is 2. The molecule has 5 rings (SSSR count). The van der Waals surface area contributed by atoms with Crippen molar-refractivity contribution in [1.82, 2.24) is 15.1 Å². The Balaban J connectivity index is 1.39. The maximum atomic E-state index is 15.8. The van der Waals surface area contributed by atoms with E-state index in [0.717, 1.165) is 18.7 Å². The molecule has 0 saturated carbocycles. The molecule has 3 aliphatic rings. The van der Waals surface area contributed by atoms with Crippen molar-refractivity contribution in [3.63, 3.8) is 0 Å². The number of ether oxygens (including phenoxy) is 1. The molecule has 3 heterocycles. The summed E-state index contributed by atoms with van der Waals surface area (Å²) in [5.41, 5.74) is 0.695. The Labute approximate surface area is 223 Å². The molecule has 3 aliphatic heterocycles. The van der Waals surface area contributed by atoms with Crippen molar-refractivity contribution in [2.45, 2.75) is 64.4 Å². The molecule has 8 nitrogen and oxygen atoms in total. The number of morpholine rings is 1. The number of anilines is 1. The third kappa shape index (κ3) is 4.85. The highest BCUT2D eigenvalue weighted by molar-refractivity contribution is 6.06. The molecular weight excluding hydrogens is 463 g/mol. The highest BCUT2D eigenvalue weighted by Crippen LogP contribution is 2.32. The number of fused-ring (bicyclic) bond motifs is 1. The molecule has 0 spiro atoms. The summed E-state index contributed by atoms with van der Waals surface area (Å²) in [4.78, 5) is 39.5. The van der Waals surface area contributed by atoms with Gasteiger partial charge in [-0.15, -0.1) is 0 Å². The summed E-state index contributed by atoms with van der Waals surface area (Å²) in [7, 11) is 0. The van der Waals surface area contributed by atoms with Gasteiger partial charge in [-0.05, 0) is 32.4 Å². The average molecular weight is 505 g/mol. The van der Waals surface area contributed by atoms with Gasteiger partial charge >= 0.3 is 0 Å². The molecule has 0 aromatic heterocycles. The number of amides is 3. The Kier molecular flexibility index (Phi) is 4.18. The van der Waals surface area contributed by atoms with E-state index < -0.39 is 74.0 Å². The lowest BCUT2D eigenvalue weighted by atomic mass is 10.0. The summed E-state index contributed by atoms with van der Waals surface area (Å²) < 4.78 is 104. The summed E-state index contributed by atoms with van der Waals surface area (Å²) in [5, 5.41) is 4.81. The number of imide groups is 1. The standard InChI is InChI=1S/C27H31FN4O4/c1-16-12-31(13-17(2)36-16)14-19-6-3-5-18(25(19)28)11-29-22-8-4-7-20-21(22)15-32(27(20)35)23-9-10-24(33)30-26(23)34/h3-8,16-17,23,29H,9-15H2,1-2H3,(H,30,33,34)/i9D2,10D2,12D2,13D2,16D,17D. The zero-order chi connectivity index (χ0) is 34.4. The fraction of sp³-hybridized carbons (Fsp3) is 0.444. The topological polar surface area (TPSA) is 91.0 Å². The van der Waals surface area contributed by atoms with E-state index in [2.05, 4.69) is 5.32 Å². The molecule has 3 unspecified atom stereocenters. The van der Waals surface area contributed by atoms with E-state index in [1.807, 2.05) is 0 Å². The van der Waals surface area contributed by atoms with Crippen LogP contribution in [0.25, 0.3) is 0 Å². The second-order valence-electron chi connectivity index (χ2n) is 8.52. The van der Waals surface area contributed by atoms with Crippen LogP contribution >= 0.6 is 0 Å². The van der Waals surface area contributed by atoms with Gasteiger partial charge in [-0.1, -0.05) is 24.3 Å². The van der Waals surface area contributed by atoms with Crippen LogP contribution in [0.3, 0.4) is 0 Å². The first-order valence-electron chi connectivity index (χ1n) is 16.3. The van der Waals surface area contributed by atoms with E-state index in [1.165, 1.54) is 30.3 Å². The fourth-order valence-electron chi connectivity index (χ4n) is 4.37. The van der Waals surface area contributed by atoms with E-state index in [-0.39, 0.29) is 29.8 Å². The first-order valence-corrected chi connectivity index (χ1v) is 11.3. The number of carbonyl (C=O) groups excluding carboxylic acids is 3. The van der Waals surface area contributed by atoms with Gasteiger partial charge in [-0.25, -0.2) is 4.39 Å². The Bertz CT molecular complexity index is 1610. The minimum atomic E-state index is -3.11. The summed E-state index contributed by atoms with van der Waals surface area (Å²) in [6.45, 7) is -4.54. The van der Waals surface area contributed by atoms with Crippen molar-refractivity contribution >= 4 is 23.4 Å². The molecule has 3 atom stereocenters. The number of nitrogens with one attached hydrogen (secondary N) is 2. The number of hydrogen-bond donors (Lipinski definition) is 2. The molecule has 2 N–H and O–H groups in total. The Morgan fingerprint density at radius 1 is 1.14 bits per heavy atom. The molecule has 190 valence electrons. The SMILES string of the molecule is [2H]C1(C)OC([2H])(C)C([2H])([2H])N(Cc2cccc(CNc3cccc4c3CN(C3C(=O)NC(=O)C([2H])([2H])C3([2H])[2H])C4=O)c2F)C1([2H])[2H]. The van der Waals surface area contributed by atoms with Crippen molar-refractivity contribution in [3.05, 3.63) is 64.5 Å². The van der Waals surface area contributed by atoms with Crippen molar-refractivity contribution in [3.8, 4) is 0 Å². The normalized spacial score (nSPS) is 38.4. The lowest BCUT2D eigenvalue weighted by molar-refractivity contribution is -0.136. The fourth-order valence-corrected chi connectivity index (χ4v) is 4.37. The molecule has 2 fully saturated rings. The van der Waals surface area contributed by atoms with Gasteiger partial charge in [0.05, 0.1) is 14.9 Å². The van der Waals surface area contributed by atoms with Crippen LogP contribution in [0, 0.1) is 5.82 Å². The lowest BCUT2D eigenvalue weighted by Gasteiger charge is -2.35. The molecule has 2 saturated heterocycles. The van der Waals surface area contributed by atoms with Gasteiger partial charge in [0, 0.05) is 77.9 Å². The zero-order valence-corrected chi connectivity index (χ0v) is 19.6. The maximum absolute atomic E-state index is 15.8. The average Bonchev–Trinajstić information content (AvgIpc) is 3.25. The van der Waals surface area contributed by atoms with Gasteiger partial charge in [-0.3, -0.25) is 24.6 Å². The first kappa shape index (κ1) is 15.1. The van der Waals surface area contributed by atoms with E-state index >= 15 is 4.39 Å². The van der Waals surface area contributed by atoms with Crippen LogP contribution in [0.15, 0.2) is 36.4 Å². The molecule has 9 heteroatoms. The summed E-state index contributed by atoms with van der Waals surface area (Å²) in [6, 6.07) is 6.78. The highest BCUT2D eigenvalue weighted by atomic mass is 19.1. The van der Waals surface area contributed by atoms with Gasteiger partial charge in [0.15, 0.2) is 0 Å². The van der Waals surface area contributed by atoms with Crippen LogP contribution in [0.4, 0.5) is 10.1 Å². The third-order valence-corrected chi connectivity index (χ3v) is 5.96. The first-order chi connectivity index (χ1) is 21.0. The van der Waals surface area contributed by atoms with E-state index in [0.29, 0.717) is 16.2 Å².